The standard InChI is InChI=1S/C26H30F3N5OS/c1-17(20-12-21(24(30)35)15-31-14-20)32-33-18(2)36-11-3-9-34-10-8-25(16-34)13-23(25)19-4-6-22(7-5-19)26(27,28)29/h4-7,12,14-15,23H,3,8-11,13,16H2,1-2H3,(H2,30,35)/b32-17+,33-18+. The van der Waals surface area contributed by atoms with Gasteiger partial charge in [-0.1, -0.05) is 12.1 Å². The van der Waals surface area contributed by atoms with Crippen molar-refractivity contribution in [1.29, 1.82) is 0 Å². The molecular formula is C26H30F3N5OS. The van der Waals surface area contributed by atoms with Crippen molar-refractivity contribution in [3.63, 3.8) is 0 Å². The van der Waals surface area contributed by atoms with Gasteiger partial charge in [0.05, 0.1) is 21.9 Å². The molecule has 2 aliphatic rings. The molecular weight excluding hydrogens is 487 g/mol. The lowest BCUT2D eigenvalue weighted by molar-refractivity contribution is -0.137. The van der Waals surface area contributed by atoms with Crippen LogP contribution in [0, 0.1) is 5.41 Å². The Kier molecular flexibility index (Phi) is 7.85. The Morgan fingerprint density at radius 3 is 2.61 bits per heavy atom. The fourth-order valence-electron chi connectivity index (χ4n) is 4.86. The SMILES string of the molecule is C/C(=N\N=C(/C)c1cncc(C(N)=O)c1)SCCCN1CCC2(CC2c2ccc(C(F)(F)F)cc2)C1. The maximum absolute atomic E-state index is 12.8. The van der Waals surface area contributed by atoms with Crippen LogP contribution in [0.2, 0.25) is 0 Å². The Balaban J connectivity index is 1.20. The molecule has 1 aliphatic heterocycles. The second-order valence-electron chi connectivity index (χ2n) is 9.60. The zero-order valence-electron chi connectivity index (χ0n) is 20.4. The van der Waals surface area contributed by atoms with E-state index in [9.17, 15) is 18.0 Å². The first-order valence-electron chi connectivity index (χ1n) is 11.9. The normalized spacial score (nSPS) is 22.9. The lowest BCUT2D eigenvalue weighted by Crippen LogP contribution is -2.23. The molecule has 1 aromatic heterocycles. The van der Waals surface area contributed by atoms with E-state index >= 15 is 0 Å². The summed E-state index contributed by atoms with van der Waals surface area (Å²) < 4.78 is 38.5. The Bertz CT molecular complexity index is 1160. The highest BCUT2D eigenvalue weighted by Crippen LogP contribution is 2.64. The summed E-state index contributed by atoms with van der Waals surface area (Å²) in [6.45, 7) is 6.77. The minimum Gasteiger partial charge on any atom is -0.366 e. The van der Waals surface area contributed by atoms with E-state index in [4.69, 9.17) is 5.73 Å². The molecule has 1 saturated carbocycles. The summed E-state index contributed by atoms with van der Waals surface area (Å²) in [5.41, 5.74) is 7.66. The molecule has 2 unspecified atom stereocenters. The van der Waals surface area contributed by atoms with Crippen molar-refractivity contribution in [1.82, 2.24) is 9.88 Å². The van der Waals surface area contributed by atoms with Crippen LogP contribution in [0.1, 0.15) is 66.1 Å². The van der Waals surface area contributed by atoms with Gasteiger partial charge in [-0.15, -0.1) is 16.9 Å². The zero-order valence-corrected chi connectivity index (χ0v) is 21.2. The first-order chi connectivity index (χ1) is 17.1. The van der Waals surface area contributed by atoms with Crippen molar-refractivity contribution in [2.45, 2.75) is 45.2 Å². The predicted molar refractivity (Wildman–Crippen MR) is 137 cm³/mol. The van der Waals surface area contributed by atoms with E-state index in [2.05, 4.69) is 20.1 Å². The highest BCUT2D eigenvalue weighted by Gasteiger charge is 2.57. The van der Waals surface area contributed by atoms with Crippen LogP contribution in [-0.2, 0) is 6.18 Å². The van der Waals surface area contributed by atoms with Crippen LogP contribution < -0.4 is 5.73 Å². The fourth-order valence-corrected chi connectivity index (χ4v) is 5.53. The average molecular weight is 518 g/mol. The number of benzene rings is 1. The summed E-state index contributed by atoms with van der Waals surface area (Å²) in [5.74, 6) is 0.760. The number of carbonyl (C=O) groups is 1. The molecule has 1 aliphatic carbocycles. The van der Waals surface area contributed by atoms with Gasteiger partial charge in [0.2, 0.25) is 5.91 Å². The molecule has 0 bridgehead atoms. The van der Waals surface area contributed by atoms with E-state index in [1.165, 1.54) is 18.3 Å². The van der Waals surface area contributed by atoms with Crippen LogP contribution in [-0.4, -0.2) is 51.9 Å². The second kappa shape index (κ2) is 10.7. The number of carbonyl (C=O) groups excluding carboxylic acids is 1. The van der Waals surface area contributed by atoms with Crippen LogP contribution >= 0.6 is 11.8 Å². The Hall–Kier alpha value is -2.72. The van der Waals surface area contributed by atoms with E-state index in [1.54, 1.807) is 36.2 Å². The van der Waals surface area contributed by atoms with Gasteiger partial charge in [-0.25, -0.2) is 0 Å². The molecule has 36 heavy (non-hydrogen) atoms. The number of likely N-dealkylation sites (tertiary alicyclic amines) is 1. The minimum absolute atomic E-state index is 0.233. The number of pyridine rings is 1. The topological polar surface area (TPSA) is 83.9 Å². The van der Waals surface area contributed by atoms with E-state index < -0.39 is 17.6 Å². The quantitative estimate of drug-likeness (QED) is 0.222. The third-order valence-electron chi connectivity index (χ3n) is 7.01. The number of nitrogens with zero attached hydrogens (tertiary/aromatic N) is 4. The summed E-state index contributed by atoms with van der Waals surface area (Å²) in [4.78, 5) is 17.8. The highest BCUT2D eigenvalue weighted by molar-refractivity contribution is 8.13. The largest absolute Gasteiger partial charge is 0.416 e. The summed E-state index contributed by atoms with van der Waals surface area (Å²) in [5, 5.41) is 9.39. The van der Waals surface area contributed by atoms with Gasteiger partial charge in [-0.3, -0.25) is 9.78 Å². The first kappa shape index (κ1) is 26.3. The number of hydrogen-bond acceptors (Lipinski definition) is 6. The molecule has 192 valence electrons. The van der Waals surface area contributed by atoms with E-state index in [0.717, 1.165) is 55.3 Å². The van der Waals surface area contributed by atoms with Crippen LogP contribution in [0.4, 0.5) is 13.2 Å². The monoisotopic (exact) mass is 517 g/mol. The summed E-state index contributed by atoms with van der Waals surface area (Å²) >= 11 is 1.66. The molecule has 4 rings (SSSR count). The fraction of sp³-hybridized carbons (Fsp3) is 0.462. The number of aromatic nitrogens is 1. The molecule has 2 atom stereocenters. The van der Waals surface area contributed by atoms with Crippen molar-refractivity contribution >= 4 is 28.4 Å². The average Bonchev–Trinajstić information content (AvgIpc) is 3.40. The van der Waals surface area contributed by atoms with Crippen molar-refractivity contribution in [2.24, 2.45) is 21.4 Å². The molecule has 10 heteroatoms. The lowest BCUT2D eigenvalue weighted by Gasteiger charge is -2.16. The first-order valence-corrected chi connectivity index (χ1v) is 12.9. The molecule has 1 spiro atoms. The number of halogens is 3. The molecule has 1 amide bonds. The smallest absolute Gasteiger partial charge is 0.366 e. The number of hydrogen-bond donors (Lipinski definition) is 1. The Morgan fingerprint density at radius 2 is 1.92 bits per heavy atom. The van der Waals surface area contributed by atoms with Crippen LogP contribution in [0.5, 0.6) is 0 Å². The van der Waals surface area contributed by atoms with Gasteiger partial charge in [0.25, 0.3) is 0 Å². The molecule has 0 radical (unpaired) electrons. The van der Waals surface area contributed by atoms with Gasteiger partial charge in [0.15, 0.2) is 0 Å². The number of thioether (sulfide) groups is 1. The molecule has 2 N–H and O–H groups in total. The van der Waals surface area contributed by atoms with Gasteiger partial charge >= 0.3 is 6.18 Å². The Labute approximate surface area is 213 Å². The summed E-state index contributed by atoms with van der Waals surface area (Å²) in [7, 11) is 0. The highest BCUT2D eigenvalue weighted by atomic mass is 32.2. The number of primary amides is 1. The van der Waals surface area contributed by atoms with Gasteiger partial charge in [0.1, 0.15) is 0 Å². The maximum atomic E-state index is 12.8. The predicted octanol–water partition coefficient (Wildman–Crippen LogP) is 5.34. The van der Waals surface area contributed by atoms with Gasteiger partial charge in [-0.2, -0.15) is 18.3 Å². The maximum Gasteiger partial charge on any atom is 0.416 e. The van der Waals surface area contributed by atoms with Crippen LogP contribution in [0.3, 0.4) is 0 Å². The van der Waals surface area contributed by atoms with Crippen molar-refractivity contribution in [3.8, 4) is 0 Å². The van der Waals surface area contributed by atoms with Gasteiger partial charge < -0.3 is 10.6 Å². The third kappa shape index (κ3) is 6.34. The molecule has 1 aromatic carbocycles. The second-order valence-corrected chi connectivity index (χ2v) is 10.9. The number of alkyl halides is 3. The van der Waals surface area contributed by atoms with Gasteiger partial charge in [0, 0.05) is 30.3 Å². The number of nitrogens with two attached hydrogens (primary N) is 1. The minimum atomic E-state index is -4.29. The van der Waals surface area contributed by atoms with Crippen molar-refractivity contribution < 1.29 is 18.0 Å². The van der Waals surface area contributed by atoms with Gasteiger partial charge in [-0.05, 0) is 81.3 Å². The number of rotatable bonds is 8. The van der Waals surface area contributed by atoms with E-state index in [-0.39, 0.29) is 5.41 Å². The molecule has 2 fully saturated rings. The Morgan fingerprint density at radius 1 is 1.19 bits per heavy atom. The zero-order chi connectivity index (χ0) is 25.9. The third-order valence-corrected chi connectivity index (χ3v) is 8.00. The van der Waals surface area contributed by atoms with Crippen molar-refractivity contribution in [2.75, 3.05) is 25.4 Å². The summed E-state index contributed by atoms with van der Waals surface area (Å²) in [6.07, 6.45) is 1.94. The van der Waals surface area contributed by atoms with Crippen LogP contribution in [0.25, 0.3) is 0 Å². The van der Waals surface area contributed by atoms with E-state index in [1.807, 2.05) is 13.8 Å². The molecule has 1 saturated heterocycles. The molecule has 6 nitrogen and oxygen atoms in total. The molecule has 2 heterocycles. The molecule has 2 aromatic rings. The lowest BCUT2D eigenvalue weighted by atomic mass is 9.97. The number of amides is 1. The summed E-state index contributed by atoms with van der Waals surface area (Å²) in [6, 6.07) is 7.36. The van der Waals surface area contributed by atoms with Crippen LogP contribution in [0.15, 0.2) is 52.9 Å². The van der Waals surface area contributed by atoms with E-state index in [0.29, 0.717) is 22.8 Å². The van der Waals surface area contributed by atoms with Crippen molar-refractivity contribution in [3.05, 3.63) is 65.0 Å².